The SMILES string of the molecule is Cc1cnc(C#N)cc1-c1cc(=O)c2ccc(Cl)cc2[nH]1. The van der Waals surface area contributed by atoms with Crippen molar-refractivity contribution >= 4 is 22.5 Å². The predicted octanol–water partition coefficient (Wildman–Crippen LogP) is 3.42. The van der Waals surface area contributed by atoms with Gasteiger partial charge in [0.2, 0.25) is 0 Å². The van der Waals surface area contributed by atoms with Crippen LogP contribution in [0.5, 0.6) is 0 Å². The van der Waals surface area contributed by atoms with Crippen molar-refractivity contribution in [3.05, 3.63) is 63.0 Å². The molecule has 2 heterocycles. The van der Waals surface area contributed by atoms with Gasteiger partial charge in [0.1, 0.15) is 11.8 Å². The quantitative estimate of drug-likeness (QED) is 0.748. The third kappa shape index (κ3) is 2.39. The molecule has 2 aromatic heterocycles. The molecule has 1 N–H and O–H groups in total. The third-order valence-electron chi connectivity index (χ3n) is 3.30. The van der Waals surface area contributed by atoms with Crippen molar-refractivity contribution < 1.29 is 0 Å². The number of H-pyrrole nitrogens is 1. The second-order valence-corrected chi connectivity index (χ2v) is 5.17. The van der Waals surface area contributed by atoms with E-state index in [1.165, 1.54) is 6.07 Å². The van der Waals surface area contributed by atoms with Crippen molar-refractivity contribution in [2.24, 2.45) is 0 Å². The van der Waals surface area contributed by atoms with Crippen molar-refractivity contribution in [3.8, 4) is 17.3 Å². The number of aryl methyl sites for hydroxylation is 1. The maximum absolute atomic E-state index is 12.2. The molecule has 0 aliphatic rings. The molecule has 1 aromatic carbocycles. The van der Waals surface area contributed by atoms with Gasteiger partial charge in [-0.05, 0) is 36.8 Å². The maximum atomic E-state index is 12.2. The number of fused-ring (bicyclic) bond motifs is 1. The van der Waals surface area contributed by atoms with Gasteiger partial charge in [-0.25, -0.2) is 4.98 Å². The number of nitrogens with one attached hydrogen (secondary N) is 1. The Morgan fingerprint density at radius 3 is 2.86 bits per heavy atom. The molecule has 21 heavy (non-hydrogen) atoms. The van der Waals surface area contributed by atoms with E-state index in [9.17, 15) is 4.79 Å². The van der Waals surface area contributed by atoms with E-state index in [1.807, 2.05) is 13.0 Å². The summed E-state index contributed by atoms with van der Waals surface area (Å²) in [5, 5.41) is 10.1. The number of aromatic nitrogens is 2. The molecule has 0 bridgehead atoms. The minimum Gasteiger partial charge on any atom is -0.354 e. The lowest BCUT2D eigenvalue weighted by Crippen LogP contribution is -2.03. The first-order valence-corrected chi connectivity index (χ1v) is 6.66. The number of aromatic amines is 1. The van der Waals surface area contributed by atoms with Crippen molar-refractivity contribution in [2.75, 3.05) is 0 Å². The summed E-state index contributed by atoms with van der Waals surface area (Å²) in [6, 6.07) is 10.3. The highest BCUT2D eigenvalue weighted by Gasteiger charge is 2.08. The van der Waals surface area contributed by atoms with Gasteiger partial charge in [-0.2, -0.15) is 5.26 Å². The molecule has 3 rings (SSSR count). The minimum atomic E-state index is -0.0925. The zero-order valence-corrected chi connectivity index (χ0v) is 11.9. The standard InChI is InChI=1S/C16H10ClN3O/c1-9-8-19-11(7-18)5-13(9)15-6-16(21)12-3-2-10(17)4-14(12)20-15/h2-6,8H,1H3,(H,20,21). The van der Waals surface area contributed by atoms with Gasteiger partial charge in [-0.3, -0.25) is 4.79 Å². The summed E-state index contributed by atoms with van der Waals surface area (Å²) < 4.78 is 0. The van der Waals surface area contributed by atoms with E-state index in [0.717, 1.165) is 11.1 Å². The molecular weight excluding hydrogens is 286 g/mol. The van der Waals surface area contributed by atoms with Gasteiger partial charge in [0, 0.05) is 28.2 Å². The normalized spacial score (nSPS) is 10.5. The minimum absolute atomic E-state index is 0.0925. The van der Waals surface area contributed by atoms with Crippen molar-refractivity contribution in [2.45, 2.75) is 6.92 Å². The molecule has 3 aromatic rings. The van der Waals surface area contributed by atoms with E-state index in [2.05, 4.69) is 9.97 Å². The van der Waals surface area contributed by atoms with Crippen molar-refractivity contribution in [1.29, 1.82) is 5.26 Å². The maximum Gasteiger partial charge on any atom is 0.190 e. The summed E-state index contributed by atoms with van der Waals surface area (Å²) >= 11 is 5.97. The van der Waals surface area contributed by atoms with Crippen LogP contribution in [0.15, 0.2) is 41.3 Å². The van der Waals surface area contributed by atoms with Gasteiger partial charge in [-0.15, -0.1) is 0 Å². The molecule has 0 spiro atoms. The van der Waals surface area contributed by atoms with Crippen molar-refractivity contribution in [1.82, 2.24) is 9.97 Å². The molecule has 0 aliphatic heterocycles. The first-order chi connectivity index (χ1) is 10.1. The average molecular weight is 296 g/mol. The Balaban J connectivity index is 2.31. The fraction of sp³-hybridized carbons (Fsp3) is 0.0625. The fourth-order valence-electron chi connectivity index (χ4n) is 2.24. The lowest BCUT2D eigenvalue weighted by atomic mass is 10.1. The second kappa shape index (κ2) is 5.04. The number of hydrogen-bond acceptors (Lipinski definition) is 3. The highest BCUT2D eigenvalue weighted by Crippen LogP contribution is 2.23. The largest absolute Gasteiger partial charge is 0.354 e. The predicted molar refractivity (Wildman–Crippen MR) is 82.3 cm³/mol. The van der Waals surface area contributed by atoms with Gasteiger partial charge in [0.05, 0.1) is 11.2 Å². The topological polar surface area (TPSA) is 69.5 Å². The zero-order chi connectivity index (χ0) is 15.0. The van der Waals surface area contributed by atoms with Gasteiger partial charge >= 0.3 is 0 Å². The van der Waals surface area contributed by atoms with Crippen molar-refractivity contribution in [3.63, 3.8) is 0 Å². The molecule has 5 heteroatoms. The molecule has 0 saturated heterocycles. The summed E-state index contributed by atoms with van der Waals surface area (Å²) in [7, 11) is 0. The van der Waals surface area contributed by atoms with Gasteiger partial charge in [0.15, 0.2) is 5.43 Å². The molecule has 0 radical (unpaired) electrons. The molecule has 0 unspecified atom stereocenters. The van der Waals surface area contributed by atoms with Crippen LogP contribution in [0.4, 0.5) is 0 Å². The fourth-order valence-corrected chi connectivity index (χ4v) is 2.42. The van der Waals surface area contributed by atoms with E-state index in [0.29, 0.717) is 27.3 Å². The smallest absolute Gasteiger partial charge is 0.190 e. The summed E-state index contributed by atoms with van der Waals surface area (Å²) in [5.74, 6) is 0. The Bertz CT molecular complexity index is 954. The van der Waals surface area contributed by atoms with Gasteiger partial charge in [0.25, 0.3) is 0 Å². The average Bonchev–Trinajstić information content (AvgIpc) is 2.47. The lowest BCUT2D eigenvalue weighted by Gasteiger charge is -2.08. The van der Waals surface area contributed by atoms with E-state index in [1.54, 1.807) is 30.5 Å². The number of nitrogens with zero attached hydrogens (tertiary/aromatic N) is 2. The molecule has 0 fully saturated rings. The summed E-state index contributed by atoms with van der Waals surface area (Å²) in [4.78, 5) is 19.4. The number of halogens is 1. The molecule has 102 valence electrons. The first kappa shape index (κ1) is 13.3. The molecule has 0 atom stereocenters. The third-order valence-corrected chi connectivity index (χ3v) is 3.53. The number of rotatable bonds is 1. The Labute approximate surface area is 125 Å². The summed E-state index contributed by atoms with van der Waals surface area (Å²) in [6.07, 6.45) is 1.62. The molecule has 0 saturated carbocycles. The van der Waals surface area contributed by atoms with Crippen LogP contribution in [-0.4, -0.2) is 9.97 Å². The van der Waals surface area contributed by atoms with Crippen LogP contribution in [0.2, 0.25) is 5.02 Å². The number of pyridine rings is 2. The lowest BCUT2D eigenvalue weighted by molar-refractivity contribution is 1.21. The van der Waals surface area contributed by atoms with Crippen LogP contribution in [0.25, 0.3) is 22.2 Å². The van der Waals surface area contributed by atoms with Gasteiger partial charge < -0.3 is 4.98 Å². The number of hydrogen-bond donors (Lipinski definition) is 1. The van der Waals surface area contributed by atoms with E-state index < -0.39 is 0 Å². The van der Waals surface area contributed by atoms with Crippen LogP contribution in [0.1, 0.15) is 11.3 Å². The summed E-state index contributed by atoms with van der Waals surface area (Å²) in [6.45, 7) is 1.88. The highest BCUT2D eigenvalue weighted by atomic mass is 35.5. The zero-order valence-electron chi connectivity index (χ0n) is 11.1. The second-order valence-electron chi connectivity index (χ2n) is 4.73. The van der Waals surface area contributed by atoms with Crippen LogP contribution >= 0.6 is 11.6 Å². The number of nitriles is 1. The Kier molecular flexibility index (Phi) is 3.20. The Hall–Kier alpha value is -2.64. The molecule has 0 aliphatic carbocycles. The van der Waals surface area contributed by atoms with E-state index >= 15 is 0 Å². The van der Waals surface area contributed by atoms with Crippen LogP contribution in [0, 0.1) is 18.3 Å². The molecule has 0 amide bonds. The Morgan fingerprint density at radius 2 is 2.10 bits per heavy atom. The van der Waals surface area contributed by atoms with E-state index in [4.69, 9.17) is 16.9 Å². The first-order valence-electron chi connectivity index (χ1n) is 6.28. The molecular formula is C16H10ClN3O. The van der Waals surface area contributed by atoms with Crippen LogP contribution in [-0.2, 0) is 0 Å². The van der Waals surface area contributed by atoms with Crippen LogP contribution < -0.4 is 5.43 Å². The van der Waals surface area contributed by atoms with Crippen LogP contribution in [0.3, 0.4) is 0 Å². The Morgan fingerprint density at radius 1 is 1.29 bits per heavy atom. The molecule has 4 nitrogen and oxygen atoms in total. The summed E-state index contributed by atoms with van der Waals surface area (Å²) in [5.41, 5.74) is 3.19. The highest BCUT2D eigenvalue weighted by molar-refractivity contribution is 6.31. The monoisotopic (exact) mass is 295 g/mol. The number of benzene rings is 1. The van der Waals surface area contributed by atoms with Gasteiger partial charge in [-0.1, -0.05) is 11.6 Å². The van der Waals surface area contributed by atoms with E-state index in [-0.39, 0.29) is 5.43 Å².